The second kappa shape index (κ2) is 9.20. The minimum Gasteiger partial charge on any atom is -0.381 e. The van der Waals surface area contributed by atoms with Crippen LogP contribution in [0.3, 0.4) is 0 Å². The summed E-state index contributed by atoms with van der Waals surface area (Å²) in [7, 11) is 0. The Hall–Kier alpha value is -2.71. The summed E-state index contributed by atoms with van der Waals surface area (Å²) in [5.74, 6) is 0.0199. The summed E-state index contributed by atoms with van der Waals surface area (Å²) in [5, 5.41) is 13.2. The first-order chi connectivity index (χ1) is 15.0. The van der Waals surface area contributed by atoms with E-state index in [1.807, 2.05) is 30.3 Å². The number of amides is 2. The lowest BCUT2D eigenvalue weighted by Crippen LogP contribution is -2.57. The van der Waals surface area contributed by atoms with E-state index in [9.17, 15) is 9.59 Å². The molecule has 1 aromatic heterocycles. The maximum Gasteiger partial charge on any atom is 0.255 e. The van der Waals surface area contributed by atoms with Gasteiger partial charge in [-0.1, -0.05) is 44.2 Å². The lowest BCUT2D eigenvalue weighted by atomic mass is 9.89. The van der Waals surface area contributed by atoms with E-state index >= 15 is 0 Å². The lowest BCUT2D eigenvalue weighted by Gasteiger charge is -2.39. The van der Waals surface area contributed by atoms with Crippen molar-refractivity contribution in [3.05, 3.63) is 42.1 Å². The molecule has 0 aliphatic carbocycles. The molecule has 1 atom stereocenters. The van der Waals surface area contributed by atoms with Crippen molar-refractivity contribution in [1.29, 1.82) is 0 Å². The topological polar surface area (TPSA) is 99.4 Å². The summed E-state index contributed by atoms with van der Waals surface area (Å²) in [5.41, 5.74) is 1.65. The van der Waals surface area contributed by atoms with Crippen molar-refractivity contribution in [2.75, 3.05) is 32.8 Å². The largest absolute Gasteiger partial charge is 0.381 e. The van der Waals surface area contributed by atoms with Gasteiger partial charge >= 0.3 is 0 Å². The van der Waals surface area contributed by atoms with Crippen LogP contribution in [-0.4, -0.2) is 71.3 Å². The van der Waals surface area contributed by atoms with Gasteiger partial charge in [-0.15, -0.1) is 0 Å². The first-order valence-corrected chi connectivity index (χ1v) is 11.0. The van der Waals surface area contributed by atoms with Gasteiger partial charge in [0.2, 0.25) is 5.91 Å². The third-order valence-electron chi connectivity index (χ3n) is 6.00. The van der Waals surface area contributed by atoms with E-state index in [0.717, 1.165) is 31.5 Å². The summed E-state index contributed by atoms with van der Waals surface area (Å²) in [6.45, 7) is 7.74. The predicted molar refractivity (Wildman–Crippen MR) is 117 cm³/mol. The number of hydrogen-bond acceptors (Lipinski definition) is 5. The Labute approximate surface area is 182 Å². The second-order valence-electron chi connectivity index (χ2n) is 9.02. The SMILES string of the molecule is CC(C)CN1CC(NC(=O)c2cn[nH]c2-c2ccccc2)C(=O)NC2(CCOCC2)C1. The van der Waals surface area contributed by atoms with Crippen LogP contribution in [0, 0.1) is 5.92 Å². The van der Waals surface area contributed by atoms with E-state index in [4.69, 9.17) is 4.74 Å². The van der Waals surface area contributed by atoms with Crippen LogP contribution in [0.1, 0.15) is 37.0 Å². The zero-order valence-corrected chi connectivity index (χ0v) is 18.2. The summed E-state index contributed by atoms with van der Waals surface area (Å²) < 4.78 is 5.53. The zero-order chi connectivity index (χ0) is 21.8. The van der Waals surface area contributed by atoms with Crippen LogP contribution >= 0.6 is 0 Å². The number of aromatic amines is 1. The maximum atomic E-state index is 13.2. The molecule has 1 unspecified atom stereocenters. The van der Waals surface area contributed by atoms with Gasteiger partial charge in [-0.3, -0.25) is 19.6 Å². The molecule has 0 radical (unpaired) electrons. The third kappa shape index (κ3) is 4.97. The molecule has 0 saturated carbocycles. The van der Waals surface area contributed by atoms with Crippen molar-refractivity contribution in [3.63, 3.8) is 0 Å². The molecular weight excluding hydrogens is 394 g/mol. The van der Waals surface area contributed by atoms with Crippen molar-refractivity contribution in [2.45, 2.75) is 38.3 Å². The monoisotopic (exact) mass is 425 g/mol. The summed E-state index contributed by atoms with van der Waals surface area (Å²) >= 11 is 0. The highest BCUT2D eigenvalue weighted by Crippen LogP contribution is 2.26. The molecule has 3 heterocycles. The number of nitrogens with zero attached hydrogens (tertiary/aromatic N) is 2. The zero-order valence-electron chi connectivity index (χ0n) is 18.2. The summed E-state index contributed by atoms with van der Waals surface area (Å²) in [6.07, 6.45) is 3.08. The Morgan fingerprint density at radius 1 is 1.29 bits per heavy atom. The molecule has 3 N–H and O–H groups in total. The number of carbonyl (C=O) groups is 2. The van der Waals surface area contributed by atoms with Gasteiger partial charge in [-0.2, -0.15) is 5.10 Å². The fourth-order valence-corrected chi connectivity index (χ4v) is 4.55. The van der Waals surface area contributed by atoms with Crippen LogP contribution in [0.5, 0.6) is 0 Å². The normalized spacial score (nSPS) is 21.6. The Kier molecular flexibility index (Phi) is 6.38. The van der Waals surface area contributed by atoms with Crippen LogP contribution in [-0.2, 0) is 9.53 Å². The molecule has 2 fully saturated rings. The molecule has 2 aliphatic rings. The standard InChI is InChI=1S/C23H31N5O3/c1-16(2)13-28-14-19(22(30)26-23(15-28)8-10-31-11-9-23)25-21(29)18-12-24-27-20(18)17-6-4-3-5-7-17/h3-7,12,16,19H,8-11,13-15H2,1-2H3,(H,24,27)(H,25,29)(H,26,30). The maximum absolute atomic E-state index is 13.2. The molecule has 4 rings (SSSR count). The quantitative estimate of drug-likeness (QED) is 0.679. The molecular formula is C23H31N5O3. The van der Waals surface area contributed by atoms with E-state index in [1.165, 1.54) is 6.20 Å². The Bertz CT molecular complexity index is 905. The number of nitrogens with one attached hydrogen (secondary N) is 3. The molecule has 1 spiro atoms. The number of hydrogen-bond donors (Lipinski definition) is 3. The average Bonchev–Trinajstić information content (AvgIpc) is 3.20. The van der Waals surface area contributed by atoms with Crippen LogP contribution in [0.25, 0.3) is 11.3 Å². The van der Waals surface area contributed by atoms with E-state index < -0.39 is 6.04 Å². The van der Waals surface area contributed by atoms with E-state index in [0.29, 0.717) is 36.9 Å². The third-order valence-corrected chi connectivity index (χ3v) is 6.00. The minimum absolute atomic E-state index is 0.133. The molecule has 8 heteroatoms. The van der Waals surface area contributed by atoms with Gasteiger partial charge in [0.05, 0.1) is 23.0 Å². The fraction of sp³-hybridized carbons (Fsp3) is 0.522. The van der Waals surface area contributed by atoms with Gasteiger partial charge in [-0.05, 0) is 18.8 Å². The minimum atomic E-state index is -0.632. The highest BCUT2D eigenvalue weighted by molar-refractivity contribution is 6.02. The highest BCUT2D eigenvalue weighted by Gasteiger charge is 2.41. The number of benzene rings is 1. The van der Waals surface area contributed by atoms with Crippen molar-refractivity contribution < 1.29 is 14.3 Å². The van der Waals surface area contributed by atoms with Crippen molar-refractivity contribution in [3.8, 4) is 11.3 Å². The fourth-order valence-electron chi connectivity index (χ4n) is 4.55. The smallest absolute Gasteiger partial charge is 0.255 e. The van der Waals surface area contributed by atoms with Crippen LogP contribution in [0.2, 0.25) is 0 Å². The Balaban J connectivity index is 1.54. The van der Waals surface area contributed by atoms with E-state index in [-0.39, 0.29) is 17.4 Å². The first kappa shape index (κ1) is 21.5. The molecule has 2 saturated heterocycles. The predicted octanol–water partition coefficient (Wildman–Crippen LogP) is 1.81. The average molecular weight is 426 g/mol. The molecule has 2 aliphatic heterocycles. The van der Waals surface area contributed by atoms with Gasteiger partial charge in [0.15, 0.2) is 0 Å². The first-order valence-electron chi connectivity index (χ1n) is 11.0. The molecule has 166 valence electrons. The molecule has 0 bridgehead atoms. The van der Waals surface area contributed by atoms with E-state index in [2.05, 4.69) is 39.6 Å². The van der Waals surface area contributed by atoms with Crippen LogP contribution in [0.4, 0.5) is 0 Å². The van der Waals surface area contributed by atoms with E-state index in [1.54, 1.807) is 0 Å². The summed E-state index contributed by atoms with van der Waals surface area (Å²) in [4.78, 5) is 28.6. The van der Waals surface area contributed by atoms with Gasteiger partial charge in [0.25, 0.3) is 5.91 Å². The second-order valence-corrected chi connectivity index (χ2v) is 9.02. The Morgan fingerprint density at radius 2 is 2.03 bits per heavy atom. The number of rotatable bonds is 5. The molecule has 2 aromatic rings. The number of aromatic nitrogens is 2. The van der Waals surface area contributed by atoms with Crippen LogP contribution < -0.4 is 10.6 Å². The molecule has 31 heavy (non-hydrogen) atoms. The van der Waals surface area contributed by atoms with Gasteiger partial charge < -0.3 is 15.4 Å². The van der Waals surface area contributed by atoms with Gasteiger partial charge in [0.1, 0.15) is 6.04 Å². The van der Waals surface area contributed by atoms with Crippen molar-refractivity contribution >= 4 is 11.8 Å². The number of ether oxygens (including phenoxy) is 1. The molecule has 2 amide bonds. The number of H-pyrrole nitrogens is 1. The summed E-state index contributed by atoms with van der Waals surface area (Å²) in [6, 6.07) is 8.95. The van der Waals surface area contributed by atoms with Crippen molar-refractivity contribution in [1.82, 2.24) is 25.7 Å². The van der Waals surface area contributed by atoms with Crippen molar-refractivity contribution in [2.24, 2.45) is 5.92 Å². The van der Waals surface area contributed by atoms with Gasteiger partial charge in [-0.25, -0.2) is 0 Å². The Morgan fingerprint density at radius 3 is 2.74 bits per heavy atom. The lowest BCUT2D eigenvalue weighted by molar-refractivity contribution is -0.125. The number of carbonyl (C=O) groups excluding carboxylic acids is 2. The molecule has 1 aromatic carbocycles. The van der Waals surface area contributed by atoms with Crippen LogP contribution in [0.15, 0.2) is 36.5 Å². The molecule has 8 nitrogen and oxygen atoms in total. The van der Waals surface area contributed by atoms with Gasteiger partial charge in [0, 0.05) is 38.4 Å². The highest BCUT2D eigenvalue weighted by atomic mass is 16.5.